The van der Waals surface area contributed by atoms with Crippen molar-refractivity contribution in [3.05, 3.63) is 41.5 Å². The van der Waals surface area contributed by atoms with Gasteiger partial charge in [0.05, 0.1) is 12.3 Å². The Bertz CT molecular complexity index is 714. The van der Waals surface area contributed by atoms with Gasteiger partial charge in [-0.2, -0.15) is 5.10 Å². The molecule has 2 aromatic heterocycles. The van der Waals surface area contributed by atoms with Crippen molar-refractivity contribution >= 4 is 5.91 Å². The fourth-order valence-corrected chi connectivity index (χ4v) is 3.12. The van der Waals surface area contributed by atoms with Gasteiger partial charge < -0.3 is 14.6 Å². The van der Waals surface area contributed by atoms with Gasteiger partial charge in [0.25, 0.3) is 5.91 Å². The van der Waals surface area contributed by atoms with Crippen molar-refractivity contribution in [2.24, 2.45) is 13.0 Å². The first-order valence-electron chi connectivity index (χ1n) is 8.28. The van der Waals surface area contributed by atoms with E-state index >= 15 is 0 Å². The zero-order chi connectivity index (χ0) is 15.8. The van der Waals surface area contributed by atoms with Crippen LogP contribution in [0.5, 0.6) is 0 Å². The summed E-state index contributed by atoms with van der Waals surface area (Å²) in [6.07, 6.45) is 7.41. The molecule has 0 spiro atoms. The topological polar surface area (TPSA) is 61.1 Å². The second kappa shape index (κ2) is 5.85. The molecule has 0 bridgehead atoms. The lowest BCUT2D eigenvalue weighted by atomic mass is 10.1. The normalized spacial score (nSPS) is 20.3. The summed E-state index contributed by atoms with van der Waals surface area (Å²) in [5, 5.41) is 7.67. The molecule has 0 radical (unpaired) electrons. The lowest BCUT2D eigenvalue weighted by Crippen LogP contribution is -2.32. The molecule has 2 aromatic rings. The second-order valence-electron chi connectivity index (χ2n) is 6.53. The van der Waals surface area contributed by atoms with Crippen LogP contribution in [0.2, 0.25) is 0 Å². The van der Waals surface area contributed by atoms with E-state index in [-0.39, 0.29) is 12.0 Å². The molecule has 1 N–H and O–H groups in total. The van der Waals surface area contributed by atoms with Gasteiger partial charge in [-0.1, -0.05) is 0 Å². The van der Waals surface area contributed by atoms with E-state index in [1.165, 1.54) is 18.4 Å². The number of hydrogen-bond donors (Lipinski definition) is 1. The molecule has 6 nitrogen and oxygen atoms in total. The van der Waals surface area contributed by atoms with Crippen LogP contribution in [0.4, 0.5) is 0 Å². The minimum absolute atomic E-state index is 0.0781. The SMILES string of the molecule is Cn1cccc1C(=O)NCC1OCCc2cn(CC3CC3)nc21. The number of ether oxygens (including phenoxy) is 1. The number of aromatic nitrogens is 3. The van der Waals surface area contributed by atoms with Gasteiger partial charge in [-0.05, 0) is 42.9 Å². The molecular formula is C17H22N4O2. The summed E-state index contributed by atoms with van der Waals surface area (Å²) in [6, 6.07) is 3.68. The third kappa shape index (κ3) is 3.03. The highest BCUT2D eigenvalue weighted by atomic mass is 16.5. The van der Waals surface area contributed by atoms with E-state index in [4.69, 9.17) is 9.84 Å². The number of rotatable bonds is 5. The summed E-state index contributed by atoms with van der Waals surface area (Å²) in [4.78, 5) is 12.2. The summed E-state index contributed by atoms with van der Waals surface area (Å²) < 4.78 is 9.71. The van der Waals surface area contributed by atoms with Crippen molar-refractivity contribution in [1.82, 2.24) is 19.7 Å². The molecule has 1 fully saturated rings. The Morgan fingerprint density at radius 1 is 1.48 bits per heavy atom. The maximum absolute atomic E-state index is 12.2. The van der Waals surface area contributed by atoms with E-state index < -0.39 is 0 Å². The van der Waals surface area contributed by atoms with Crippen LogP contribution in [0.3, 0.4) is 0 Å². The number of nitrogens with zero attached hydrogens (tertiary/aromatic N) is 3. The Morgan fingerprint density at radius 3 is 3.09 bits per heavy atom. The Balaban J connectivity index is 1.43. The van der Waals surface area contributed by atoms with E-state index in [1.807, 2.05) is 29.9 Å². The number of hydrogen-bond acceptors (Lipinski definition) is 3. The lowest BCUT2D eigenvalue weighted by Gasteiger charge is -2.22. The molecular weight excluding hydrogens is 292 g/mol. The molecule has 1 saturated carbocycles. The molecule has 2 aliphatic rings. The Morgan fingerprint density at radius 2 is 2.35 bits per heavy atom. The maximum atomic E-state index is 12.2. The molecule has 3 heterocycles. The maximum Gasteiger partial charge on any atom is 0.267 e. The minimum atomic E-state index is -0.150. The third-order valence-corrected chi connectivity index (χ3v) is 4.63. The standard InChI is InChI=1S/C17H22N4O2/c1-20-7-2-3-14(20)17(22)18-9-15-16-13(6-8-23-15)11-21(19-16)10-12-4-5-12/h2-3,7,11-12,15H,4-6,8-10H2,1H3,(H,18,22). The monoisotopic (exact) mass is 314 g/mol. The predicted molar refractivity (Wildman–Crippen MR) is 85.1 cm³/mol. The van der Waals surface area contributed by atoms with Gasteiger partial charge in [0.15, 0.2) is 0 Å². The van der Waals surface area contributed by atoms with Gasteiger partial charge in [0, 0.05) is 32.5 Å². The van der Waals surface area contributed by atoms with Crippen LogP contribution in [0.15, 0.2) is 24.5 Å². The average molecular weight is 314 g/mol. The van der Waals surface area contributed by atoms with Crippen LogP contribution in [0.25, 0.3) is 0 Å². The van der Waals surface area contributed by atoms with E-state index in [0.29, 0.717) is 18.8 Å². The molecule has 1 atom stereocenters. The van der Waals surface area contributed by atoms with Crippen molar-refractivity contribution in [1.29, 1.82) is 0 Å². The highest BCUT2D eigenvalue weighted by molar-refractivity contribution is 5.92. The number of amides is 1. The van der Waals surface area contributed by atoms with Crippen molar-refractivity contribution in [2.45, 2.75) is 31.9 Å². The number of fused-ring (bicyclic) bond motifs is 1. The van der Waals surface area contributed by atoms with Crippen LogP contribution in [0.1, 0.15) is 40.7 Å². The van der Waals surface area contributed by atoms with Gasteiger partial charge in [-0.3, -0.25) is 9.48 Å². The quantitative estimate of drug-likeness (QED) is 0.913. The largest absolute Gasteiger partial charge is 0.370 e. The van der Waals surface area contributed by atoms with Gasteiger partial charge in [-0.15, -0.1) is 0 Å². The number of aryl methyl sites for hydroxylation is 1. The van der Waals surface area contributed by atoms with Crippen LogP contribution < -0.4 is 5.32 Å². The third-order valence-electron chi connectivity index (χ3n) is 4.63. The molecule has 23 heavy (non-hydrogen) atoms. The van der Waals surface area contributed by atoms with Crippen LogP contribution in [0, 0.1) is 5.92 Å². The predicted octanol–water partition coefficient (Wildman–Crippen LogP) is 1.68. The van der Waals surface area contributed by atoms with Gasteiger partial charge in [0.2, 0.25) is 0 Å². The lowest BCUT2D eigenvalue weighted by molar-refractivity contribution is 0.0382. The van der Waals surface area contributed by atoms with Crippen molar-refractivity contribution < 1.29 is 9.53 Å². The Labute approximate surface area is 135 Å². The summed E-state index contributed by atoms with van der Waals surface area (Å²) in [7, 11) is 1.86. The first-order chi connectivity index (χ1) is 11.2. The van der Waals surface area contributed by atoms with Gasteiger partial charge in [0.1, 0.15) is 11.8 Å². The molecule has 6 heteroatoms. The highest BCUT2D eigenvalue weighted by Crippen LogP contribution is 2.32. The van der Waals surface area contributed by atoms with Crippen LogP contribution in [-0.4, -0.2) is 33.4 Å². The number of carbonyl (C=O) groups excluding carboxylic acids is 1. The number of carbonyl (C=O) groups is 1. The summed E-state index contributed by atoms with van der Waals surface area (Å²) in [5.41, 5.74) is 2.90. The Hall–Kier alpha value is -2.08. The average Bonchev–Trinajstić information content (AvgIpc) is 3.08. The fraction of sp³-hybridized carbons (Fsp3) is 0.529. The molecule has 0 aromatic carbocycles. The van der Waals surface area contributed by atoms with Crippen molar-refractivity contribution in [2.75, 3.05) is 13.2 Å². The van der Waals surface area contributed by atoms with Crippen molar-refractivity contribution in [3.8, 4) is 0 Å². The Kier molecular flexibility index (Phi) is 3.69. The summed E-state index contributed by atoms with van der Waals surface area (Å²) >= 11 is 0. The first kappa shape index (κ1) is 14.5. The van der Waals surface area contributed by atoms with Crippen LogP contribution in [-0.2, 0) is 24.8 Å². The van der Waals surface area contributed by atoms with Crippen LogP contribution >= 0.6 is 0 Å². The second-order valence-corrected chi connectivity index (χ2v) is 6.53. The fourth-order valence-electron chi connectivity index (χ4n) is 3.12. The summed E-state index contributed by atoms with van der Waals surface area (Å²) in [6.45, 7) is 2.15. The van der Waals surface area contributed by atoms with E-state index in [0.717, 1.165) is 24.6 Å². The zero-order valence-corrected chi connectivity index (χ0v) is 13.4. The molecule has 1 amide bonds. The minimum Gasteiger partial charge on any atom is -0.370 e. The van der Waals surface area contributed by atoms with E-state index in [2.05, 4.69) is 16.2 Å². The van der Waals surface area contributed by atoms with E-state index in [9.17, 15) is 4.79 Å². The first-order valence-corrected chi connectivity index (χ1v) is 8.28. The highest BCUT2D eigenvalue weighted by Gasteiger charge is 2.27. The molecule has 1 aliphatic carbocycles. The molecule has 122 valence electrons. The van der Waals surface area contributed by atoms with Gasteiger partial charge >= 0.3 is 0 Å². The molecule has 1 unspecified atom stereocenters. The molecule has 1 aliphatic heterocycles. The van der Waals surface area contributed by atoms with E-state index in [1.54, 1.807) is 0 Å². The van der Waals surface area contributed by atoms with Gasteiger partial charge in [-0.25, -0.2) is 0 Å². The molecule has 4 rings (SSSR count). The molecule has 0 saturated heterocycles. The number of nitrogens with one attached hydrogen (secondary N) is 1. The smallest absolute Gasteiger partial charge is 0.267 e. The van der Waals surface area contributed by atoms with Crippen molar-refractivity contribution in [3.63, 3.8) is 0 Å². The zero-order valence-electron chi connectivity index (χ0n) is 13.4. The summed E-state index contributed by atoms with van der Waals surface area (Å²) in [5.74, 6) is 0.721.